The topological polar surface area (TPSA) is 46.9 Å². The van der Waals surface area contributed by atoms with Gasteiger partial charge < -0.3 is 5.32 Å². The molecule has 1 amide bonds. The van der Waals surface area contributed by atoms with E-state index in [9.17, 15) is 9.18 Å². The zero-order valence-corrected chi connectivity index (χ0v) is 14.7. The van der Waals surface area contributed by atoms with Crippen molar-refractivity contribution in [2.45, 2.75) is 11.6 Å². The van der Waals surface area contributed by atoms with E-state index in [-0.39, 0.29) is 11.7 Å². The molecule has 7 heteroatoms. The van der Waals surface area contributed by atoms with Gasteiger partial charge in [-0.3, -0.25) is 9.36 Å². The Morgan fingerprint density at radius 2 is 2.12 bits per heavy atom. The van der Waals surface area contributed by atoms with Gasteiger partial charge in [-0.25, -0.2) is 9.37 Å². The SMILES string of the molecule is CSc1ncc(C(=O)NCCc2cccs2)n1-c1ccc(F)cc1. The van der Waals surface area contributed by atoms with Crippen LogP contribution in [0.1, 0.15) is 15.4 Å². The second-order valence-electron chi connectivity index (χ2n) is 5.03. The van der Waals surface area contributed by atoms with Gasteiger partial charge in [0.1, 0.15) is 11.5 Å². The van der Waals surface area contributed by atoms with Gasteiger partial charge in [0.15, 0.2) is 5.16 Å². The van der Waals surface area contributed by atoms with Crippen LogP contribution in [0, 0.1) is 5.82 Å². The Balaban J connectivity index is 1.78. The Labute approximate surface area is 147 Å². The quantitative estimate of drug-likeness (QED) is 0.680. The van der Waals surface area contributed by atoms with Crippen LogP contribution in [0.3, 0.4) is 0 Å². The van der Waals surface area contributed by atoms with E-state index < -0.39 is 0 Å². The van der Waals surface area contributed by atoms with Crippen molar-refractivity contribution in [3.05, 3.63) is 64.4 Å². The molecule has 0 aliphatic heterocycles. The zero-order chi connectivity index (χ0) is 16.9. The van der Waals surface area contributed by atoms with Crippen molar-refractivity contribution in [1.82, 2.24) is 14.9 Å². The zero-order valence-electron chi connectivity index (χ0n) is 13.0. The first-order valence-electron chi connectivity index (χ1n) is 7.37. The molecule has 1 N–H and O–H groups in total. The standard InChI is InChI=1S/C17H16FN3OS2/c1-23-17-20-11-15(21(17)13-6-4-12(18)5-7-13)16(22)19-9-8-14-3-2-10-24-14/h2-7,10-11H,8-9H2,1H3,(H,19,22). The van der Waals surface area contributed by atoms with E-state index in [0.717, 1.165) is 6.42 Å². The van der Waals surface area contributed by atoms with Crippen molar-refractivity contribution in [3.8, 4) is 5.69 Å². The highest BCUT2D eigenvalue weighted by Crippen LogP contribution is 2.22. The van der Waals surface area contributed by atoms with Gasteiger partial charge in [0.25, 0.3) is 5.91 Å². The summed E-state index contributed by atoms with van der Waals surface area (Å²) in [7, 11) is 0. The van der Waals surface area contributed by atoms with Crippen molar-refractivity contribution >= 4 is 29.0 Å². The highest BCUT2D eigenvalue weighted by Gasteiger charge is 2.17. The Morgan fingerprint density at radius 3 is 2.79 bits per heavy atom. The van der Waals surface area contributed by atoms with Crippen LogP contribution in [0.15, 0.2) is 53.1 Å². The molecule has 124 valence electrons. The maximum absolute atomic E-state index is 13.2. The van der Waals surface area contributed by atoms with Crippen LogP contribution in [0.5, 0.6) is 0 Å². The second kappa shape index (κ2) is 7.63. The van der Waals surface area contributed by atoms with Gasteiger partial charge in [0.05, 0.1) is 6.20 Å². The van der Waals surface area contributed by atoms with E-state index in [1.54, 1.807) is 34.2 Å². The van der Waals surface area contributed by atoms with Gasteiger partial charge >= 0.3 is 0 Å². The number of imidazole rings is 1. The van der Waals surface area contributed by atoms with Crippen LogP contribution in [0.2, 0.25) is 0 Å². The molecule has 0 fully saturated rings. The minimum absolute atomic E-state index is 0.191. The number of hydrogen-bond donors (Lipinski definition) is 1. The number of carbonyl (C=O) groups is 1. The summed E-state index contributed by atoms with van der Waals surface area (Å²) in [5.41, 5.74) is 1.15. The Morgan fingerprint density at radius 1 is 1.33 bits per heavy atom. The molecule has 3 aromatic rings. The Bertz CT molecular complexity index is 813. The first kappa shape index (κ1) is 16.7. The number of benzene rings is 1. The predicted molar refractivity (Wildman–Crippen MR) is 95.7 cm³/mol. The van der Waals surface area contributed by atoms with Crippen LogP contribution in [0.25, 0.3) is 5.69 Å². The smallest absolute Gasteiger partial charge is 0.269 e. The normalized spacial score (nSPS) is 10.8. The molecular formula is C17H16FN3OS2. The van der Waals surface area contributed by atoms with Gasteiger partial charge in [-0.2, -0.15) is 0 Å². The number of rotatable bonds is 6. The largest absolute Gasteiger partial charge is 0.350 e. The van der Waals surface area contributed by atoms with E-state index in [1.165, 1.54) is 28.8 Å². The van der Waals surface area contributed by atoms with Crippen molar-refractivity contribution in [1.29, 1.82) is 0 Å². The molecule has 0 saturated heterocycles. The summed E-state index contributed by atoms with van der Waals surface area (Å²) in [4.78, 5) is 18.0. The molecule has 0 atom stereocenters. The number of halogens is 1. The maximum Gasteiger partial charge on any atom is 0.269 e. The van der Waals surface area contributed by atoms with Gasteiger partial charge in [0, 0.05) is 17.1 Å². The summed E-state index contributed by atoms with van der Waals surface area (Å²) >= 11 is 3.11. The first-order chi connectivity index (χ1) is 11.7. The average molecular weight is 361 g/mol. The molecule has 0 bridgehead atoms. The molecular weight excluding hydrogens is 345 g/mol. The molecule has 2 aromatic heterocycles. The number of carbonyl (C=O) groups excluding carboxylic acids is 1. The van der Waals surface area contributed by atoms with Crippen molar-refractivity contribution in [3.63, 3.8) is 0 Å². The summed E-state index contributed by atoms with van der Waals surface area (Å²) in [6.07, 6.45) is 4.24. The summed E-state index contributed by atoms with van der Waals surface area (Å²) < 4.78 is 14.9. The van der Waals surface area contributed by atoms with E-state index in [2.05, 4.69) is 10.3 Å². The van der Waals surface area contributed by atoms with E-state index >= 15 is 0 Å². The summed E-state index contributed by atoms with van der Waals surface area (Å²) in [5.74, 6) is -0.504. The molecule has 2 heterocycles. The molecule has 0 unspecified atom stereocenters. The van der Waals surface area contributed by atoms with Gasteiger partial charge in [0.2, 0.25) is 0 Å². The van der Waals surface area contributed by atoms with Crippen LogP contribution in [0.4, 0.5) is 4.39 Å². The Hall–Kier alpha value is -2.12. The minimum atomic E-state index is -0.313. The maximum atomic E-state index is 13.2. The molecule has 0 aliphatic rings. The fraction of sp³-hybridized carbons (Fsp3) is 0.176. The van der Waals surface area contributed by atoms with Gasteiger partial charge in [-0.05, 0) is 48.4 Å². The molecule has 0 aliphatic carbocycles. The fourth-order valence-electron chi connectivity index (χ4n) is 2.32. The number of thioether (sulfide) groups is 1. The summed E-state index contributed by atoms with van der Waals surface area (Å²) in [6, 6.07) is 10.1. The summed E-state index contributed by atoms with van der Waals surface area (Å²) in [5, 5.41) is 5.62. The molecule has 24 heavy (non-hydrogen) atoms. The molecule has 0 spiro atoms. The van der Waals surface area contributed by atoms with E-state index in [0.29, 0.717) is 23.1 Å². The highest BCUT2D eigenvalue weighted by molar-refractivity contribution is 7.98. The highest BCUT2D eigenvalue weighted by atomic mass is 32.2. The van der Waals surface area contributed by atoms with E-state index in [1.807, 2.05) is 23.8 Å². The second-order valence-corrected chi connectivity index (χ2v) is 6.83. The van der Waals surface area contributed by atoms with Crippen LogP contribution in [-0.4, -0.2) is 28.3 Å². The number of thiophene rings is 1. The number of aromatic nitrogens is 2. The number of amides is 1. The molecule has 3 rings (SSSR count). The van der Waals surface area contributed by atoms with Gasteiger partial charge in [-0.1, -0.05) is 17.8 Å². The summed E-state index contributed by atoms with van der Waals surface area (Å²) in [6.45, 7) is 0.558. The predicted octanol–water partition coefficient (Wildman–Crippen LogP) is 3.77. The van der Waals surface area contributed by atoms with Crippen LogP contribution in [-0.2, 0) is 6.42 Å². The first-order valence-corrected chi connectivity index (χ1v) is 9.47. The van der Waals surface area contributed by atoms with Crippen molar-refractivity contribution in [2.24, 2.45) is 0 Å². The monoisotopic (exact) mass is 361 g/mol. The third kappa shape index (κ3) is 3.68. The van der Waals surface area contributed by atoms with Gasteiger partial charge in [-0.15, -0.1) is 11.3 Å². The average Bonchev–Trinajstić information content (AvgIpc) is 3.24. The lowest BCUT2D eigenvalue weighted by molar-refractivity contribution is 0.0947. The fourth-order valence-corrected chi connectivity index (χ4v) is 3.58. The molecule has 0 radical (unpaired) electrons. The van der Waals surface area contributed by atoms with Crippen molar-refractivity contribution < 1.29 is 9.18 Å². The van der Waals surface area contributed by atoms with Crippen LogP contribution >= 0.6 is 23.1 Å². The van der Waals surface area contributed by atoms with Crippen molar-refractivity contribution in [2.75, 3.05) is 12.8 Å². The third-order valence-electron chi connectivity index (χ3n) is 3.47. The number of hydrogen-bond acceptors (Lipinski definition) is 4. The number of nitrogens with zero attached hydrogens (tertiary/aromatic N) is 2. The third-order valence-corrected chi connectivity index (χ3v) is 5.06. The number of nitrogens with one attached hydrogen (secondary N) is 1. The lowest BCUT2D eigenvalue weighted by Crippen LogP contribution is -2.27. The minimum Gasteiger partial charge on any atom is -0.350 e. The lowest BCUT2D eigenvalue weighted by Gasteiger charge is -2.11. The molecule has 0 saturated carbocycles. The molecule has 4 nitrogen and oxygen atoms in total. The Kier molecular flexibility index (Phi) is 5.32. The van der Waals surface area contributed by atoms with E-state index in [4.69, 9.17) is 0 Å². The lowest BCUT2D eigenvalue weighted by atomic mass is 10.3. The molecule has 1 aromatic carbocycles. The van der Waals surface area contributed by atoms with Crippen LogP contribution < -0.4 is 5.32 Å².